The van der Waals surface area contributed by atoms with Crippen LogP contribution < -0.4 is 9.47 Å². The van der Waals surface area contributed by atoms with E-state index in [0.29, 0.717) is 0 Å². The maximum atomic E-state index is 12.1. The first-order valence-corrected chi connectivity index (χ1v) is 5.69. The van der Waals surface area contributed by atoms with Crippen LogP contribution in [0.2, 0.25) is 0 Å². The number of ether oxygens (including phenoxy) is 2. The second kappa shape index (κ2) is 5.89. The van der Waals surface area contributed by atoms with E-state index in [9.17, 15) is 26.3 Å². The predicted octanol–water partition coefficient (Wildman–Crippen LogP) is 4.29. The highest BCUT2D eigenvalue weighted by atomic mass is 79.9. The van der Waals surface area contributed by atoms with Gasteiger partial charge in [-0.3, -0.25) is 0 Å². The molecule has 1 aromatic rings. The van der Waals surface area contributed by atoms with Gasteiger partial charge < -0.3 is 9.47 Å². The third kappa shape index (κ3) is 6.04. The Bertz CT molecular complexity index is 400. The van der Waals surface area contributed by atoms with Crippen molar-refractivity contribution in [2.24, 2.45) is 0 Å². The molecule has 0 bridgehead atoms. The molecule has 1 unspecified atom stereocenters. The summed E-state index contributed by atoms with van der Waals surface area (Å²) in [6.07, 6.45) is -9.28. The zero-order chi connectivity index (χ0) is 14.7. The van der Waals surface area contributed by atoms with Crippen LogP contribution in [0, 0.1) is 0 Å². The zero-order valence-electron chi connectivity index (χ0n) is 9.06. The summed E-state index contributed by atoms with van der Waals surface area (Å²) in [7, 11) is 0. The molecule has 0 saturated carbocycles. The van der Waals surface area contributed by atoms with Gasteiger partial charge in [-0.15, -0.1) is 13.2 Å². The Balaban J connectivity index is 2.54. The highest BCUT2D eigenvalue weighted by molar-refractivity contribution is 9.09. The Hall–Kier alpha value is -1.12. The fourth-order valence-electron chi connectivity index (χ4n) is 1.00. The second-order valence-electron chi connectivity index (χ2n) is 3.34. The molecule has 1 atom stereocenters. The van der Waals surface area contributed by atoms with Gasteiger partial charge in [-0.2, -0.15) is 13.2 Å². The minimum Gasteiger partial charge on any atom is -0.492 e. The van der Waals surface area contributed by atoms with Gasteiger partial charge in [-0.25, -0.2) is 0 Å². The highest BCUT2D eigenvalue weighted by Crippen LogP contribution is 2.28. The molecule has 0 heterocycles. The Kier molecular flexibility index (Phi) is 4.94. The van der Waals surface area contributed by atoms with Crippen LogP contribution >= 0.6 is 15.9 Å². The number of rotatable bonds is 4. The second-order valence-corrected chi connectivity index (χ2v) is 4.44. The van der Waals surface area contributed by atoms with Crippen molar-refractivity contribution in [3.63, 3.8) is 0 Å². The average Bonchev–Trinajstić information content (AvgIpc) is 2.24. The molecule has 0 spiro atoms. The van der Waals surface area contributed by atoms with Crippen LogP contribution in [0.4, 0.5) is 26.3 Å². The van der Waals surface area contributed by atoms with Crippen molar-refractivity contribution in [3.8, 4) is 11.5 Å². The number of hydrogen-bond donors (Lipinski definition) is 0. The lowest BCUT2D eigenvalue weighted by Gasteiger charge is -2.15. The maximum Gasteiger partial charge on any atom is 0.573 e. The Morgan fingerprint density at radius 2 is 1.42 bits per heavy atom. The quantitative estimate of drug-likeness (QED) is 0.594. The molecule has 0 aliphatic rings. The SMILES string of the molecule is FC(F)(F)Oc1ccc(OCC(Br)C(F)(F)F)cc1. The van der Waals surface area contributed by atoms with E-state index in [-0.39, 0.29) is 5.75 Å². The summed E-state index contributed by atoms with van der Waals surface area (Å²) < 4.78 is 80.3. The first kappa shape index (κ1) is 15.9. The van der Waals surface area contributed by atoms with Gasteiger partial charge in [0.05, 0.1) is 0 Å². The molecule has 0 radical (unpaired) electrons. The van der Waals surface area contributed by atoms with E-state index in [1.807, 2.05) is 0 Å². The van der Waals surface area contributed by atoms with Crippen molar-refractivity contribution in [1.29, 1.82) is 0 Å². The summed E-state index contributed by atoms with van der Waals surface area (Å²) in [5, 5.41) is 0. The van der Waals surface area contributed by atoms with Crippen molar-refractivity contribution in [2.75, 3.05) is 6.61 Å². The first-order chi connectivity index (χ1) is 8.58. The molecule has 19 heavy (non-hydrogen) atoms. The van der Waals surface area contributed by atoms with Gasteiger partial charge in [-0.05, 0) is 24.3 Å². The van der Waals surface area contributed by atoms with Crippen molar-refractivity contribution in [2.45, 2.75) is 17.4 Å². The van der Waals surface area contributed by atoms with E-state index >= 15 is 0 Å². The molecule has 0 aliphatic heterocycles. The zero-order valence-corrected chi connectivity index (χ0v) is 10.6. The van der Waals surface area contributed by atoms with Crippen molar-refractivity contribution in [3.05, 3.63) is 24.3 Å². The lowest BCUT2D eigenvalue weighted by molar-refractivity contribution is -0.274. The van der Waals surface area contributed by atoms with E-state index in [4.69, 9.17) is 4.74 Å². The van der Waals surface area contributed by atoms with Crippen LogP contribution in [0.25, 0.3) is 0 Å². The summed E-state index contributed by atoms with van der Waals surface area (Å²) in [6.45, 7) is -0.691. The van der Waals surface area contributed by atoms with E-state index in [1.54, 1.807) is 0 Å². The Morgan fingerprint density at radius 3 is 1.84 bits per heavy atom. The first-order valence-electron chi connectivity index (χ1n) is 4.77. The molecule has 0 N–H and O–H groups in total. The average molecular weight is 353 g/mol. The molecule has 1 aromatic carbocycles. The van der Waals surface area contributed by atoms with Crippen LogP contribution in [-0.2, 0) is 0 Å². The lowest BCUT2D eigenvalue weighted by atomic mass is 10.3. The monoisotopic (exact) mass is 352 g/mol. The highest BCUT2D eigenvalue weighted by Gasteiger charge is 2.38. The van der Waals surface area contributed by atoms with Crippen molar-refractivity contribution < 1.29 is 35.8 Å². The number of halogens is 7. The topological polar surface area (TPSA) is 18.5 Å². The minimum atomic E-state index is -4.82. The minimum absolute atomic E-state index is 0.00299. The molecule has 1 rings (SSSR count). The molecule has 0 amide bonds. The van der Waals surface area contributed by atoms with Crippen LogP contribution in [0.15, 0.2) is 24.3 Å². The third-order valence-corrected chi connectivity index (χ3v) is 2.59. The van der Waals surface area contributed by atoms with E-state index in [2.05, 4.69) is 20.7 Å². The lowest BCUT2D eigenvalue weighted by Crippen LogP contribution is -2.28. The van der Waals surface area contributed by atoms with Gasteiger partial charge in [0.15, 0.2) is 0 Å². The molecule has 9 heteroatoms. The van der Waals surface area contributed by atoms with E-state index < -0.39 is 29.7 Å². The van der Waals surface area contributed by atoms with E-state index in [1.165, 1.54) is 0 Å². The van der Waals surface area contributed by atoms with Gasteiger partial charge in [0.2, 0.25) is 0 Å². The van der Waals surface area contributed by atoms with Gasteiger partial charge in [0.1, 0.15) is 22.9 Å². The summed E-state index contributed by atoms with van der Waals surface area (Å²) >= 11 is 2.39. The number of benzene rings is 1. The van der Waals surface area contributed by atoms with Crippen molar-refractivity contribution >= 4 is 15.9 Å². The summed E-state index contributed by atoms with van der Waals surface area (Å²) in [5.74, 6) is -0.478. The molecular formula is C10H7BrF6O2. The largest absolute Gasteiger partial charge is 0.573 e. The van der Waals surface area contributed by atoms with Gasteiger partial charge >= 0.3 is 12.5 Å². The molecule has 108 valence electrons. The van der Waals surface area contributed by atoms with Crippen LogP contribution in [-0.4, -0.2) is 24.0 Å². The smallest absolute Gasteiger partial charge is 0.492 e. The van der Waals surface area contributed by atoms with Gasteiger partial charge in [-0.1, -0.05) is 15.9 Å². The van der Waals surface area contributed by atoms with E-state index in [0.717, 1.165) is 24.3 Å². The molecule has 2 nitrogen and oxygen atoms in total. The van der Waals surface area contributed by atoms with Crippen LogP contribution in [0.3, 0.4) is 0 Å². The standard InChI is InChI=1S/C10H7BrF6O2/c11-8(9(12,13)14)5-18-6-1-3-7(4-2-6)19-10(15,16)17/h1-4,8H,5H2. The number of alkyl halides is 7. The number of hydrogen-bond acceptors (Lipinski definition) is 2. The summed E-state index contributed by atoms with van der Waals surface area (Å²) in [5.41, 5.74) is 0. The fraction of sp³-hybridized carbons (Fsp3) is 0.400. The van der Waals surface area contributed by atoms with Gasteiger partial charge in [0.25, 0.3) is 0 Å². The molecule has 0 saturated heterocycles. The summed E-state index contributed by atoms with van der Waals surface area (Å²) in [4.78, 5) is -1.86. The van der Waals surface area contributed by atoms with Crippen LogP contribution in [0.1, 0.15) is 0 Å². The van der Waals surface area contributed by atoms with Crippen molar-refractivity contribution in [1.82, 2.24) is 0 Å². The van der Waals surface area contributed by atoms with Crippen LogP contribution in [0.5, 0.6) is 11.5 Å². The summed E-state index contributed by atoms with van der Waals surface area (Å²) in [6, 6.07) is 4.05. The normalized spacial score (nSPS) is 14.1. The molecule has 0 fully saturated rings. The molecular weight excluding hydrogens is 346 g/mol. The maximum absolute atomic E-state index is 12.1. The molecule has 0 aromatic heterocycles. The Morgan fingerprint density at radius 1 is 0.947 bits per heavy atom. The molecule has 0 aliphatic carbocycles. The Labute approximate surface area is 112 Å². The third-order valence-electron chi connectivity index (χ3n) is 1.81. The fourth-order valence-corrected chi connectivity index (χ4v) is 1.13. The predicted molar refractivity (Wildman–Crippen MR) is 57.4 cm³/mol. The van der Waals surface area contributed by atoms with Gasteiger partial charge in [0, 0.05) is 0 Å².